The molecule has 1 fully saturated rings. The molecular formula is C22H30ClN3O3. The second-order valence-electron chi connectivity index (χ2n) is 7.52. The van der Waals surface area contributed by atoms with Gasteiger partial charge in [0, 0.05) is 50.0 Å². The number of hydrogen-bond acceptors (Lipinski definition) is 6. The van der Waals surface area contributed by atoms with Crippen LogP contribution >= 0.6 is 11.6 Å². The van der Waals surface area contributed by atoms with E-state index in [1.165, 1.54) is 0 Å². The van der Waals surface area contributed by atoms with Crippen molar-refractivity contribution >= 4 is 17.3 Å². The standard InChI is InChI=1S/C22H30ClN3O3/c1-3-10-29-19-6-7-21(20(23)11-19)26-9-8-25(13-16(26)2)14-22(28)17-4-5-18(15-27)24-12-17/h4-7,11-12,16,22,27-28H,3,8-10,13-15H2,1-2H3/t16-,22?/m1/s1. The van der Waals surface area contributed by atoms with E-state index in [-0.39, 0.29) is 12.6 Å². The van der Waals surface area contributed by atoms with Gasteiger partial charge in [-0.3, -0.25) is 9.88 Å². The smallest absolute Gasteiger partial charge is 0.120 e. The molecule has 3 rings (SSSR count). The lowest BCUT2D eigenvalue weighted by molar-refractivity contribution is 0.102. The second-order valence-corrected chi connectivity index (χ2v) is 7.93. The first-order valence-corrected chi connectivity index (χ1v) is 10.5. The predicted octanol–water partition coefficient (Wildman–Crippen LogP) is 3.26. The Morgan fingerprint density at radius 2 is 2.10 bits per heavy atom. The molecule has 0 saturated carbocycles. The molecule has 2 N–H and O–H groups in total. The lowest BCUT2D eigenvalue weighted by Gasteiger charge is -2.42. The number of aliphatic hydroxyl groups is 2. The van der Waals surface area contributed by atoms with Crippen molar-refractivity contribution in [3.8, 4) is 5.75 Å². The number of anilines is 1. The summed E-state index contributed by atoms with van der Waals surface area (Å²) in [6.45, 7) is 7.91. The Kier molecular flexibility index (Phi) is 7.72. The second kappa shape index (κ2) is 10.3. The van der Waals surface area contributed by atoms with E-state index in [4.69, 9.17) is 21.4 Å². The highest BCUT2D eigenvalue weighted by Crippen LogP contribution is 2.32. The molecule has 1 aliphatic heterocycles. The summed E-state index contributed by atoms with van der Waals surface area (Å²) >= 11 is 6.53. The van der Waals surface area contributed by atoms with Gasteiger partial charge in [0.1, 0.15) is 5.75 Å². The molecule has 1 unspecified atom stereocenters. The zero-order valence-electron chi connectivity index (χ0n) is 17.1. The van der Waals surface area contributed by atoms with E-state index in [0.29, 0.717) is 23.9 Å². The summed E-state index contributed by atoms with van der Waals surface area (Å²) in [5.41, 5.74) is 2.39. The van der Waals surface area contributed by atoms with E-state index >= 15 is 0 Å². The number of aromatic nitrogens is 1. The number of piperazine rings is 1. The Morgan fingerprint density at radius 3 is 2.72 bits per heavy atom. The fourth-order valence-electron chi connectivity index (χ4n) is 3.66. The van der Waals surface area contributed by atoms with Crippen LogP contribution in [0.25, 0.3) is 0 Å². The molecular weight excluding hydrogens is 390 g/mol. The van der Waals surface area contributed by atoms with Crippen LogP contribution in [0.3, 0.4) is 0 Å². The van der Waals surface area contributed by atoms with Gasteiger partial charge >= 0.3 is 0 Å². The Morgan fingerprint density at radius 1 is 1.28 bits per heavy atom. The van der Waals surface area contributed by atoms with Crippen LogP contribution in [0, 0.1) is 0 Å². The third kappa shape index (κ3) is 5.60. The SMILES string of the molecule is CCCOc1ccc(N2CCN(CC(O)c3ccc(CO)nc3)C[C@H]2C)c(Cl)c1. The van der Waals surface area contributed by atoms with Crippen molar-refractivity contribution in [3.63, 3.8) is 0 Å². The van der Waals surface area contributed by atoms with Crippen molar-refractivity contribution in [2.75, 3.05) is 37.7 Å². The number of nitrogens with zero attached hydrogens (tertiary/aromatic N) is 3. The molecule has 2 heterocycles. The first kappa shape index (κ1) is 21.8. The minimum Gasteiger partial charge on any atom is -0.494 e. The van der Waals surface area contributed by atoms with Crippen LogP contribution in [-0.2, 0) is 6.61 Å². The molecule has 0 aliphatic carbocycles. The van der Waals surface area contributed by atoms with E-state index in [2.05, 4.69) is 28.6 Å². The van der Waals surface area contributed by atoms with Crippen LogP contribution in [0.5, 0.6) is 5.75 Å². The molecule has 0 spiro atoms. The quantitative estimate of drug-likeness (QED) is 0.684. The highest BCUT2D eigenvalue weighted by atomic mass is 35.5. The Hall–Kier alpha value is -1.86. The van der Waals surface area contributed by atoms with Crippen LogP contribution in [0.1, 0.15) is 37.6 Å². The average molecular weight is 420 g/mol. The lowest BCUT2D eigenvalue weighted by atomic mass is 10.1. The number of hydrogen-bond donors (Lipinski definition) is 2. The van der Waals surface area contributed by atoms with Gasteiger partial charge in [-0.05, 0) is 31.5 Å². The molecule has 2 aromatic rings. The maximum Gasteiger partial charge on any atom is 0.120 e. The third-order valence-corrected chi connectivity index (χ3v) is 5.54. The van der Waals surface area contributed by atoms with Gasteiger partial charge in [0.2, 0.25) is 0 Å². The summed E-state index contributed by atoms with van der Waals surface area (Å²) in [5, 5.41) is 20.4. The number of halogens is 1. The minimum absolute atomic E-state index is 0.0931. The summed E-state index contributed by atoms with van der Waals surface area (Å²) in [4.78, 5) is 8.73. The molecule has 2 atom stereocenters. The average Bonchev–Trinajstić information content (AvgIpc) is 2.73. The highest BCUT2D eigenvalue weighted by molar-refractivity contribution is 6.33. The summed E-state index contributed by atoms with van der Waals surface area (Å²) < 4.78 is 5.66. The van der Waals surface area contributed by atoms with Gasteiger partial charge in [-0.25, -0.2) is 0 Å². The van der Waals surface area contributed by atoms with Crippen LogP contribution in [0.15, 0.2) is 36.5 Å². The Labute approximate surface area is 177 Å². The third-order valence-electron chi connectivity index (χ3n) is 5.24. The fourth-order valence-corrected chi connectivity index (χ4v) is 3.94. The van der Waals surface area contributed by atoms with Gasteiger partial charge in [0.15, 0.2) is 0 Å². The highest BCUT2D eigenvalue weighted by Gasteiger charge is 2.27. The van der Waals surface area contributed by atoms with Crippen LogP contribution in [-0.4, -0.2) is 58.9 Å². The maximum absolute atomic E-state index is 10.6. The largest absolute Gasteiger partial charge is 0.494 e. The molecule has 158 valence electrons. The molecule has 1 aliphatic rings. The molecule has 1 saturated heterocycles. The van der Waals surface area contributed by atoms with Gasteiger partial charge < -0.3 is 19.8 Å². The van der Waals surface area contributed by atoms with Crippen LogP contribution in [0.2, 0.25) is 5.02 Å². The van der Waals surface area contributed by atoms with Crippen molar-refractivity contribution in [2.24, 2.45) is 0 Å². The van der Waals surface area contributed by atoms with Crippen molar-refractivity contribution in [2.45, 2.75) is 39.0 Å². The van der Waals surface area contributed by atoms with Crippen molar-refractivity contribution in [3.05, 3.63) is 52.8 Å². The maximum atomic E-state index is 10.6. The molecule has 7 heteroatoms. The van der Waals surface area contributed by atoms with Gasteiger partial charge in [0.25, 0.3) is 0 Å². The molecule has 1 aromatic heterocycles. The van der Waals surface area contributed by atoms with Gasteiger partial charge in [-0.15, -0.1) is 0 Å². The van der Waals surface area contributed by atoms with E-state index in [1.54, 1.807) is 12.3 Å². The number of aliphatic hydroxyl groups excluding tert-OH is 2. The number of β-amino-alcohol motifs (C(OH)–C–C–N with tert-alkyl or cyclic N) is 1. The number of benzene rings is 1. The first-order valence-electron chi connectivity index (χ1n) is 10.2. The Bertz CT molecular complexity index is 787. The van der Waals surface area contributed by atoms with Crippen LogP contribution in [0.4, 0.5) is 5.69 Å². The number of ether oxygens (including phenoxy) is 1. The molecule has 29 heavy (non-hydrogen) atoms. The van der Waals surface area contributed by atoms with Crippen molar-refractivity contribution < 1.29 is 14.9 Å². The van der Waals surface area contributed by atoms with Crippen molar-refractivity contribution in [1.29, 1.82) is 0 Å². The van der Waals surface area contributed by atoms with E-state index in [0.717, 1.165) is 43.1 Å². The number of pyridine rings is 1. The summed E-state index contributed by atoms with van der Waals surface area (Å²) in [6.07, 6.45) is 2.00. The predicted molar refractivity (Wildman–Crippen MR) is 116 cm³/mol. The summed E-state index contributed by atoms with van der Waals surface area (Å²) in [7, 11) is 0. The molecule has 1 aromatic carbocycles. The topological polar surface area (TPSA) is 69.1 Å². The van der Waals surface area contributed by atoms with Gasteiger partial charge in [0.05, 0.1) is 35.7 Å². The molecule has 0 amide bonds. The molecule has 0 radical (unpaired) electrons. The minimum atomic E-state index is -0.604. The zero-order chi connectivity index (χ0) is 20.8. The van der Waals surface area contributed by atoms with E-state index in [1.807, 2.05) is 24.3 Å². The Balaban J connectivity index is 1.58. The summed E-state index contributed by atoms with van der Waals surface area (Å²) in [6, 6.07) is 9.73. The van der Waals surface area contributed by atoms with Gasteiger partial charge in [-0.1, -0.05) is 24.6 Å². The number of rotatable bonds is 8. The van der Waals surface area contributed by atoms with Crippen LogP contribution < -0.4 is 9.64 Å². The van der Waals surface area contributed by atoms with E-state index < -0.39 is 6.10 Å². The first-order chi connectivity index (χ1) is 14.0. The molecule has 0 bridgehead atoms. The zero-order valence-corrected chi connectivity index (χ0v) is 17.8. The molecule has 6 nitrogen and oxygen atoms in total. The van der Waals surface area contributed by atoms with Crippen molar-refractivity contribution in [1.82, 2.24) is 9.88 Å². The monoisotopic (exact) mass is 419 g/mol. The van der Waals surface area contributed by atoms with Gasteiger partial charge in [-0.2, -0.15) is 0 Å². The fraction of sp³-hybridized carbons (Fsp3) is 0.500. The van der Waals surface area contributed by atoms with E-state index in [9.17, 15) is 5.11 Å². The summed E-state index contributed by atoms with van der Waals surface area (Å²) in [5.74, 6) is 0.802. The normalized spacial score (nSPS) is 18.7. The lowest BCUT2D eigenvalue weighted by Crippen LogP contribution is -2.52.